The summed E-state index contributed by atoms with van der Waals surface area (Å²) in [5.41, 5.74) is 5.80. The number of benzene rings is 2. The van der Waals surface area contributed by atoms with Crippen molar-refractivity contribution in [2.75, 3.05) is 38.5 Å². The van der Waals surface area contributed by atoms with Gasteiger partial charge in [-0.2, -0.15) is 0 Å². The van der Waals surface area contributed by atoms with Gasteiger partial charge in [0.15, 0.2) is 0 Å². The topological polar surface area (TPSA) is 78.5 Å². The number of carbonyl (C=O) groups excluding carboxylic acids is 1. The number of urea groups is 1. The number of piperazine rings is 1. The van der Waals surface area contributed by atoms with Crippen molar-refractivity contribution in [3.8, 4) is 26.8 Å². The van der Waals surface area contributed by atoms with Gasteiger partial charge in [-0.15, -0.1) is 11.3 Å². The molecule has 1 atom stereocenters. The lowest BCUT2D eigenvalue weighted by atomic mass is 10.0. The van der Waals surface area contributed by atoms with Crippen molar-refractivity contribution >= 4 is 23.1 Å². The summed E-state index contributed by atoms with van der Waals surface area (Å²) in [6, 6.07) is 12.7. The fourth-order valence-electron chi connectivity index (χ4n) is 4.89. The molecule has 2 heterocycles. The number of amides is 2. The van der Waals surface area contributed by atoms with Crippen molar-refractivity contribution in [1.82, 2.24) is 20.5 Å². The van der Waals surface area contributed by atoms with E-state index in [0.29, 0.717) is 0 Å². The van der Waals surface area contributed by atoms with Crippen LogP contribution in [0.4, 0.5) is 10.5 Å². The molecular formula is C27H33N5O2S. The number of carbonyl (C=O) groups is 1. The third-order valence-corrected chi connectivity index (χ3v) is 7.68. The molecule has 3 aromatic rings. The number of rotatable bonds is 6. The Morgan fingerprint density at radius 2 is 2.06 bits per heavy atom. The molecule has 8 heteroatoms. The Morgan fingerprint density at radius 3 is 2.83 bits per heavy atom. The number of ether oxygens (including phenoxy) is 1. The smallest absolute Gasteiger partial charge is 0.317 e. The van der Waals surface area contributed by atoms with Crippen LogP contribution in [0.3, 0.4) is 0 Å². The molecule has 1 fully saturated rings. The Balaban J connectivity index is 1.36. The molecule has 0 spiro atoms. The van der Waals surface area contributed by atoms with Crippen molar-refractivity contribution in [2.45, 2.75) is 38.8 Å². The first-order valence-electron chi connectivity index (χ1n) is 12.4. The second-order valence-electron chi connectivity index (χ2n) is 9.31. The maximum Gasteiger partial charge on any atom is 0.317 e. The number of thiazole rings is 1. The van der Waals surface area contributed by atoms with Gasteiger partial charge in [-0.1, -0.05) is 18.2 Å². The van der Waals surface area contributed by atoms with Gasteiger partial charge in [0.1, 0.15) is 10.8 Å². The highest BCUT2D eigenvalue weighted by Gasteiger charge is 2.28. The molecule has 35 heavy (non-hydrogen) atoms. The van der Waals surface area contributed by atoms with Crippen LogP contribution in [0.25, 0.3) is 21.0 Å². The van der Waals surface area contributed by atoms with Crippen molar-refractivity contribution in [1.29, 1.82) is 0 Å². The van der Waals surface area contributed by atoms with Crippen molar-refractivity contribution in [3.63, 3.8) is 0 Å². The Kier molecular flexibility index (Phi) is 6.92. The van der Waals surface area contributed by atoms with Crippen LogP contribution >= 0.6 is 11.3 Å². The summed E-state index contributed by atoms with van der Waals surface area (Å²) in [6.45, 7) is 7.29. The number of anilines is 1. The number of hydrogen-bond donors (Lipinski definition) is 3. The van der Waals surface area contributed by atoms with Gasteiger partial charge in [0, 0.05) is 45.0 Å². The molecule has 2 amide bonds. The molecule has 1 aromatic heterocycles. The fraction of sp³-hybridized carbons (Fsp3) is 0.407. The first kappa shape index (κ1) is 23.6. The molecule has 0 radical (unpaired) electrons. The van der Waals surface area contributed by atoms with E-state index in [1.807, 2.05) is 38.1 Å². The zero-order chi connectivity index (χ0) is 24.4. The zero-order valence-electron chi connectivity index (χ0n) is 20.6. The normalized spacial score (nSPS) is 17.4. The van der Waals surface area contributed by atoms with Crippen LogP contribution in [0.2, 0.25) is 0 Å². The van der Waals surface area contributed by atoms with Crippen LogP contribution < -0.4 is 20.7 Å². The van der Waals surface area contributed by atoms with Gasteiger partial charge in [0.25, 0.3) is 0 Å². The van der Waals surface area contributed by atoms with Crippen molar-refractivity contribution < 1.29 is 9.53 Å². The molecule has 0 saturated carbocycles. The number of aromatic nitrogens is 1. The van der Waals surface area contributed by atoms with E-state index in [4.69, 9.17) is 9.72 Å². The van der Waals surface area contributed by atoms with E-state index in [0.717, 1.165) is 65.9 Å². The second kappa shape index (κ2) is 10.3. The minimum absolute atomic E-state index is 0.0417. The molecule has 2 aliphatic rings. The number of nitrogens with one attached hydrogen (secondary N) is 3. The third kappa shape index (κ3) is 4.99. The Bertz CT molecular complexity index is 1200. The predicted molar refractivity (Wildman–Crippen MR) is 142 cm³/mol. The Hall–Kier alpha value is -3.10. The minimum atomic E-state index is 0.0417. The van der Waals surface area contributed by atoms with Gasteiger partial charge in [0.2, 0.25) is 0 Å². The lowest BCUT2D eigenvalue weighted by Crippen LogP contribution is -2.50. The molecule has 2 aromatic carbocycles. The Labute approximate surface area is 210 Å². The van der Waals surface area contributed by atoms with E-state index in [1.54, 1.807) is 11.3 Å². The summed E-state index contributed by atoms with van der Waals surface area (Å²) in [4.78, 5) is 20.6. The molecule has 1 aliphatic carbocycles. The molecule has 5 rings (SSSR count). The van der Waals surface area contributed by atoms with E-state index < -0.39 is 0 Å². The van der Waals surface area contributed by atoms with E-state index >= 15 is 0 Å². The molecular weight excluding hydrogens is 458 g/mol. The minimum Gasteiger partial charge on any atom is -0.489 e. The number of fused-ring (bicyclic) bond motifs is 1. The average molecular weight is 492 g/mol. The standard InChI is InChI=1S/C27H33N5O2S/c1-17(2)34-24-10-7-18(15-23(24)28-3)26-30-16-25(35-26)21-6-4-5-20-19(21)8-9-22(20)31-27(33)32-13-11-29-12-14-32/h4-7,10,15-17,22,28-29H,8-9,11-14H2,1-3H3,(H,31,33)/t22-/m0/s1. The summed E-state index contributed by atoms with van der Waals surface area (Å²) in [7, 11) is 1.91. The van der Waals surface area contributed by atoms with Crippen LogP contribution in [0, 0.1) is 0 Å². The van der Waals surface area contributed by atoms with Crippen LogP contribution in [0.1, 0.15) is 37.4 Å². The van der Waals surface area contributed by atoms with Gasteiger partial charge in [-0.05, 0) is 61.6 Å². The van der Waals surface area contributed by atoms with E-state index in [1.165, 1.54) is 16.7 Å². The van der Waals surface area contributed by atoms with E-state index in [-0.39, 0.29) is 18.2 Å². The highest BCUT2D eigenvalue weighted by molar-refractivity contribution is 7.18. The van der Waals surface area contributed by atoms with Gasteiger partial charge >= 0.3 is 6.03 Å². The van der Waals surface area contributed by atoms with Crippen LogP contribution in [-0.2, 0) is 6.42 Å². The number of hydrogen-bond acceptors (Lipinski definition) is 6. The van der Waals surface area contributed by atoms with Gasteiger partial charge in [0.05, 0.1) is 22.7 Å². The lowest BCUT2D eigenvalue weighted by molar-refractivity contribution is 0.186. The first-order chi connectivity index (χ1) is 17.0. The Morgan fingerprint density at radius 1 is 1.23 bits per heavy atom. The highest BCUT2D eigenvalue weighted by Crippen LogP contribution is 2.41. The zero-order valence-corrected chi connectivity index (χ0v) is 21.4. The average Bonchev–Trinajstić information content (AvgIpc) is 3.52. The van der Waals surface area contributed by atoms with Crippen molar-refractivity contribution in [3.05, 3.63) is 53.7 Å². The SMILES string of the molecule is CNc1cc(-c2ncc(-c3cccc4c3CC[C@@H]4NC(=O)N3CCNCC3)s2)ccc1OC(C)C. The van der Waals surface area contributed by atoms with Gasteiger partial charge in [-0.25, -0.2) is 9.78 Å². The van der Waals surface area contributed by atoms with Crippen molar-refractivity contribution in [2.24, 2.45) is 0 Å². The van der Waals surface area contributed by atoms with E-state index in [2.05, 4.69) is 46.3 Å². The summed E-state index contributed by atoms with van der Waals surface area (Å²) in [5.74, 6) is 0.845. The molecule has 0 bridgehead atoms. The summed E-state index contributed by atoms with van der Waals surface area (Å²) in [6.07, 6.45) is 3.97. The molecule has 7 nitrogen and oxygen atoms in total. The maximum absolute atomic E-state index is 12.8. The predicted octanol–water partition coefficient (Wildman–Crippen LogP) is 4.91. The van der Waals surface area contributed by atoms with Crippen LogP contribution in [0.5, 0.6) is 5.75 Å². The molecule has 184 valence electrons. The summed E-state index contributed by atoms with van der Waals surface area (Å²) < 4.78 is 5.91. The number of nitrogens with zero attached hydrogens (tertiary/aromatic N) is 2. The lowest BCUT2D eigenvalue weighted by Gasteiger charge is -2.29. The summed E-state index contributed by atoms with van der Waals surface area (Å²) in [5, 5.41) is 10.8. The van der Waals surface area contributed by atoms with Gasteiger partial charge in [-0.3, -0.25) is 0 Å². The fourth-order valence-corrected chi connectivity index (χ4v) is 5.86. The third-order valence-electron chi connectivity index (χ3n) is 6.60. The quantitative estimate of drug-likeness (QED) is 0.457. The van der Waals surface area contributed by atoms with Crippen LogP contribution in [-0.4, -0.2) is 55.2 Å². The highest BCUT2D eigenvalue weighted by atomic mass is 32.1. The summed E-state index contributed by atoms with van der Waals surface area (Å²) >= 11 is 1.70. The molecule has 1 saturated heterocycles. The molecule has 1 aliphatic heterocycles. The monoisotopic (exact) mass is 491 g/mol. The van der Waals surface area contributed by atoms with Crippen LogP contribution in [0.15, 0.2) is 42.6 Å². The molecule has 0 unspecified atom stereocenters. The maximum atomic E-state index is 12.8. The largest absolute Gasteiger partial charge is 0.489 e. The first-order valence-corrected chi connectivity index (χ1v) is 13.2. The second-order valence-corrected chi connectivity index (χ2v) is 10.3. The van der Waals surface area contributed by atoms with E-state index in [9.17, 15) is 4.79 Å². The van der Waals surface area contributed by atoms with Gasteiger partial charge < -0.3 is 25.6 Å². The molecule has 3 N–H and O–H groups in total.